The number of nitrogens with two attached hydrogens (primary N) is 1. The van der Waals surface area contributed by atoms with Crippen molar-refractivity contribution in [3.05, 3.63) is 24.3 Å². The first-order valence-electron chi connectivity index (χ1n) is 9.08. The van der Waals surface area contributed by atoms with Crippen LogP contribution in [0.2, 0.25) is 0 Å². The van der Waals surface area contributed by atoms with Gasteiger partial charge in [-0.3, -0.25) is 9.59 Å². The van der Waals surface area contributed by atoms with Gasteiger partial charge in [0.05, 0.1) is 5.54 Å². The number of rotatable bonds is 4. The lowest BCUT2D eigenvalue weighted by molar-refractivity contribution is -0.121. The minimum Gasteiger partial charge on any atom is -0.326 e. The average Bonchev–Trinajstić information content (AvgIpc) is 3.04. The van der Waals surface area contributed by atoms with Gasteiger partial charge in [-0.25, -0.2) is 0 Å². The predicted molar refractivity (Wildman–Crippen MR) is 95.7 cm³/mol. The number of amides is 2. The van der Waals surface area contributed by atoms with Gasteiger partial charge in [0.2, 0.25) is 11.8 Å². The van der Waals surface area contributed by atoms with E-state index in [4.69, 9.17) is 5.73 Å². The number of nitrogens with one attached hydrogen (secondary N) is 2. The summed E-state index contributed by atoms with van der Waals surface area (Å²) in [5.74, 6) is 0.0721. The molecule has 130 valence electrons. The minimum absolute atomic E-state index is 0.0873. The van der Waals surface area contributed by atoms with Gasteiger partial charge in [0, 0.05) is 17.3 Å². The zero-order chi connectivity index (χ0) is 17.0. The maximum absolute atomic E-state index is 12.4. The van der Waals surface area contributed by atoms with Crippen LogP contribution in [0, 0.1) is 5.92 Å². The van der Waals surface area contributed by atoms with Gasteiger partial charge in [-0.05, 0) is 43.9 Å². The summed E-state index contributed by atoms with van der Waals surface area (Å²) in [7, 11) is 0. The largest absolute Gasteiger partial charge is 0.326 e. The van der Waals surface area contributed by atoms with E-state index >= 15 is 0 Å². The molecule has 3 rings (SSSR count). The fourth-order valence-electron chi connectivity index (χ4n) is 3.77. The van der Waals surface area contributed by atoms with Crippen LogP contribution >= 0.6 is 0 Å². The third kappa shape index (κ3) is 3.96. The second kappa shape index (κ2) is 7.34. The van der Waals surface area contributed by atoms with Crippen LogP contribution in [0.3, 0.4) is 0 Å². The van der Waals surface area contributed by atoms with E-state index in [9.17, 15) is 9.59 Å². The highest BCUT2D eigenvalue weighted by atomic mass is 16.2. The Labute approximate surface area is 143 Å². The topological polar surface area (TPSA) is 84.2 Å². The van der Waals surface area contributed by atoms with Crippen molar-refractivity contribution in [2.75, 3.05) is 10.6 Å². The summed E-state index contributed by atoms with van der Waals surface area (Å²) in [5.41, 5.74) is 6.84. The van der Waals surface area contributed by atoms with Gasteiger partial charge in [0.25, 0.3) is 0 Å². The lowest BCUT2D eigenvalue weighted by atomic mass is 9.88. The molecule has 0 atom stereocenters. The molecular weight excluding hydrogens is 302 g/mol. The molecular formula is C19H27N3O2. The molecule has 2 saturated carbocycles. The first kappa shape index (κ1) is 17.0. The van der Waals surface area contributed by atoms with Crippen LogP contribution < -0.4 is 16.4 Å². The molecule has 5 nitrogen and oxygen atoms in total. The Kier molecular flexibility index (Phi) is 5.19. The van der Waals surface area contributed by atoms with Crippen LogP contribution in [-0.4, -0.2) is 17.4 Å². The van der Waals surface area contributed by atoms with Crippen LogP contribution in [-0.2, 0) is 9.59 Å². The van der Waals surface area contributed by atoms with Crippen LogP contribution in [0.4, 0.5) is 11.4 Å². The first-order valence-corrected chi connectivity index (χ1v) is 9.08. The molecule has 2 aliphatic carbocycles. The molecule has 2 amide bonds. The Balaban J connectivity index is 1.61. The van der Waals surface area contributed by atoms with E-state index in [2.05, 4.69) is 10.6 Å². The molecule has 0 heterocycles. The van der Waals surface area contributed by atoms with Crippen molar-refractivity contribution in [3.63, 3.8) is 0 Å². The maximum Gasteiger partial charge on any atom is 0.244 e. The third-order valence-electron chi connectivity index (χ3n) is 5.31. The molecule has 0 radical (unpaired) electrons. The van der Waals surface area contributed by atoms with E-state index in [-0.39, 0.29) is 17.7 Å². The zero-order valence-electron chi connectivity index (χ0n) is 14.1. The molecule has 24 heavy (non-hydrogen) atoms. The highest BCUT2D eigenvalue weighted by molar-refractivity contribution is 5.99. The monoisotopic (exact) mass is 329 g/mol. The van der Waals surface area contributed by atoms with E-state index in [0.717, 1.165) is 57.1 Å². The molecule has 0 aromatic heterocycles. The maximum atomic E-state index is 12.4. The van der Waals surface area contributed by atoms with E-state index in [1.165, 1.54) is 6.42 Å². The molecule has 2 fully saturated rings. The van der Waals surface area contributed by atoms with Crippen molar-refractivity contribution in [3.8, 4) is 0 Å². The Morgan fingerprint density at radius 1 is 0.958 bits per heavy atom. The van der Waals surface area contributed by atoms with Crippen molar-refractivity contribution < 1.29 is 9.59 Å². The summed E-state index contributed by atoms with van der Waals surface area (Å²) in [6.45, 7) is 0. The van der Waals surface area contributed by atoms with Crippen LogP contribution in [0.15, 0.2) is 24.3 Å². The normalized spacial score (nSPS) is 20.5. The van der Waals surface area contributed by atoms with Gasteiger partial charge in [-0.2, -0.15) is 0 Å². The standard InChI is InChI=1S/C19H27N3O2/c20-19(11-4-5-12-19)18(24)22-16-10-6-9-15(13-16)21-17(23)14-7-2-1-3-8-14/h6,9-10,13-14H,1-5,7-8,11-12,20H2,(H,21,23)(H,22,24). The van der Waals surface area contributed by atoms with Gasteiger partial charge in [0.1, 0.15) is 0 Å². The molecule has 1 aromatic carbocycles. The Morgan fingerprint density at radius 3 is 2.25 bits per heavy atom. The number of carbonyl (C=O) groups is 2. The zero-order valence-corrected chi connectivity index (χ0v) is 14.1. The highest BCUT2D eigenvalue weighted by Crippen LogP contribution is 2.29. The first-order chi connectivity index (χ1) is 11.6. The molecule has 1 aromatic rings. The quantitative estimate of drug-likeness (QED) is 0.791. The summed E-state index contributed by atoms with van der Waals surface area (Å²) in [6, 6.07) is 7.32. The van der Waals surface area contributed by atoms with Crippen LogP contribution in [0.1, 0.15) is 57.8 Å². The summed E-state index contributed by atoms with van der Waals surface area (Å²) >= 11 is 0. The summed E-state index contributed by atoms with van der Waals surface area (Å²) < 4.78 is 0. The van der Waals surface area contributed by atoms with Crippen molar-refractivity contribution in [2.45, 2.75) is 63.3 Å². The lowest BCUT2D eigenvalue weighted by Gasteiger charge is -2.23. The number of benzene rings is 1. The van der Waals surface area contributed by atoms with E-state index in [1.54, 1.807) is 6.07 Å². The van der Waals surface area contributed by atoms with Gasteiger partial charge >= 0.3 is 0 Å². The Bertz CT molecular complexity index is 602. The van der Waals surface area contributed by atoms with E-state index in [1.807, 2.05) is 18.2 Å². The summed E-state index contributed by atoms with van der Waals surface area (Å²) in [6.07, 6.45) is 8.90. The molecule has 0 saturated heterocycles. The summed E-state index contributed by atoms with van der Waals surface area (Å²) in [5, 5.41) is 5.89. The fourth-order valence-corrected chi connectivity index (χ4v) is 3.77. The second-order valence-corrected chi connectivity index (χ2v) is 7.22. The predicted octanol–water partition coefficient (Wildman–Crippen LogP) is 3.42. The molecule has 4 N–H and O–H groups in total. The van der Waals surface area contributed by atoms with E-state index in [0.29, 0.717) is 5.69 Å². The Hall–Kier alpha value is -1.88. The number of carbonyl (C=O) groups excluding carboxylic acids is 2. The number of hydrogen-bond donors (Lipinski definition) is 3. The SMILES string of the molecule is NC1(C(=O)Nc2cccc(NC(=O)C3CCCCC3)c2)CCCC1. The molecule has 0 aliphatic heterocycles. The molecule has 0 bridgehead atoms. The van der Waals surface area contributed by atoms with Crippen molar-refractivity contribution >= 4 is 23.2 Å². The molecule has 0 unspecified atom stereocenters. The minimum atomic E-state index is -0.749. The van der Waals surface area contributed by atoms with Gasteiger partial charge < -0.3 is 16.4 Å². The van der Waals surface area contributed by atoms with Crippen molar-refractivity contribution in [1.29, 1.82) is 0 Å². The van der Waals surface area contributed by atoms with Crippen molar-refractivity contribution in [2.24, 2.45) is 11.7 Å². The van der Waals surface area contributed by atoms with Gasteiger partial charge in [-0.15, -0.1) is 0 Å². The summed E-state index contributed by atoms with van der Waals surface area (Å²) in [4.78, 5) is 24.7. The fraction of sp³-hybridized carbons (Fsp3) is 0.579. The van der Waals surface area contributed by atoms with Crippen LogP contribution in [0.5, 0.6) is 0 Å². The number of anilines is 2. The van der Waals surface area contributed by atoms with Crippen molar-refractivity contribution in [1.82, 2.24) is 0 Å². The second-order valence-electron chi connectivity index (χ2n) is 7.22. The number of hydrogen-bond acceptors (Lipinski definition) is 3. The van der Waals surface area contributed by atoms with Gasteiger partial charge in [-0.1, -0.05) is 38.2 Å². The van der Waals surface area contributed by atoms with Gasteiger partial charge in [0.15, 0.2) is 0 Å². The molecule has 2 aliphatic rings. The smallest absolute Gasteiger partial charge is 0.244 e. The molecule has 5 heteroatoms. The lowest BCUT2D eigenvalue weighted by Crippen LogP contribution is -2.48. The Morgan fingerprint density at radius 2 is 1.58 bits per heavy atom. The average molecular weight is 329 g/mol. The third-order valence-corrected chi connectivity index (χ3v) is 5.31. The highest BCUT2D eigenvalue weighted by Gasteiger charge is 2.37. The molecule has 0 spiro atoms. The van der Waals surface area contributed by atoms with E-state index < -0.39 is 5.54 Å². The van der Waals surface area contributed by atoms with Crippen LogP contribution in [0.25, 0.3) is 0 Å².